The number of alkyl halides is 3. The Morgan fingerprint density at radius 2 is 1.77 bits per heavy atom. The number of anilines is 1. The molecule has 0 aliphatic rings. The lowest BCUT2D eigenvalue weighted by atomic mass is 10.0. The van der Waals surface area contributed by atoms with Crippen molar-refractivity contribution in [3.8, 4) is 5.82 Å². The number of nitrogens with one attached hydrogen (secondary N) is 2. The SMILES string of the molecule is Cc1cc(Cl)cc(C(=O)NC(C)(C)C)c1NC(=O)c1cc(Cn2ncc(C(F)(F)F)n2)nn1-c1ncccc1Cl. The number of benzene rings is 1. The molecule has 0 fully saturated rings. The van der Waals surface area contributed by atoms with Crippen LogP contribution in [0.1, 0.15) is 58.6 Å². The van der Waals surface area contributed by atoms with E-state index in [4.69, 9.17) is 23.2 Å². The van der Waals surface area contributed by atoms with Crippen molar-refractivity contribution in [3.63, 3.8) is 0 Å². The number of carbonyl (C=O) groups excluding carboxylic acids is 2. The van der Waals surface area contributed by atoms with Gasteiger partial charge in [-0.1, -0.05) is 23.2 Å². The van der Waals surface area contributed by atoms with E-state index in [9.17, 15) is 22.8 Å². The number of rotatable bonds is 6. The maximum atomic E-state index is 13.6. The van der Waals surface area contributed by atoms with Crippen LogP contribution in [0.5, 0.6) is 0 Å². The minimum absolute atomic E-state index is 0.0599. The Balaban J connectivity index is 1.74. The van der Waals surface area contributed by atoms with Crippen LogP contribution in [0.2, 0.25) is 10.0 Å². The van der Waals surface area contributed by atoms with Crippen molar-refractivity contribution in [2.45, 2.75) is 46.0 Å². The van der Waals surface area contributed by atoms with Crippen molar-refractivity contribution >= 4 is 40.7 Å². The lowest BCUT2D eigenvalue weighted by Gasteiger charge is -2.22. The number of hydrogen-bond donors (Lipinski definition) is 2. The molecule has 1 aromatic carbocycles. The molecule has 15 heteroatoms. The molecule has 4 aromatic rings. The Kier molecular flexibility index (Phi) is 7.90. The molecule has 10 nitrogen and oxygen atoms in total. The van der Waals surface area contributed by atoms with Crippen molar-refractivity contribution in [2.24, 2.45) is 0 Å². The third-order valence-electron chi connectivity index (χ3n) is 5.33. The molecule has 0 saturated carbocycles. The van der Waals surface area contributed by atoms with E-state index in [0.29, 0.717) is 16.8 Å². The maximum Gasteiger partial charge on any atom is 0.436 e. The predicted octanol–water partition coefficient (Wildman–Crippen LogP) is 5.32. The maximum absolute atomic E-state index is 13.6. The molecule has 2 amide bonds. The second-order valence-electron chi connectivity index (χ2n) is 9.80. The topological polar surface area (TPSA) is 120 Å². The number of hydrogen-bond acceptors (Lipinski definition) is 6. The summed E-state index contributed by atoms with van der Waals surface area (Å²) in [6, 6.07) is 7.49. The quantitative estimate of drug-likeness (QED) is 0.312. The van der Waals surface area contributed by atoms with Gasteiger partial charge in [0, 0.05) is 16.8 Å². The summed E-state index contributed by atoms with van der Waals surface area (Å²) < 4.78 is 40.1. The van der Waals surface area contributed by atoms with Gasteiger partial charge in [0.25, 0.3) is 11.8 Å². The molecule has 0 aliphatic heterocycles. The third-order valence-corrected chi connectivity index (χ3v) is 5.85. The summed E-state index contributed by atoms with van der Waals surface area (Å²) in [4.78, 5) is 31.7. The fourth-order valence-electron chi connectivity index (χ4n) is 3.69. The molecule has 40 heavy (non-hydrogen) atoms. The number of carbonyl (C=O) groups is 2. The van der Waals surface area contributed by atoms with Gasteiger partial charge in [0.1, 0.15) is 12.2 Å². The Hall–Kier alpha value is -3.97. The van der Waals surface area contributed by atoms with Crippen molar-refractivity contribution in [1.82, 2.24) is 35.1 Å². The third kappa shape index (κ3) is 6.59. The number of nitrogens with zero attached hydrogens (tertiary/aromatic N) is 6. The van der Waals surface area contributed by atoms with Gasteiger partial charge in [0.15, 0.2) is 11.5 Å². The summed E-state index contributed by atoms with van der Waals surface area (Å²) in [6.07, 6.45) is -2.64. The van der Waals surface area contributed by atoms with Gasteiger partial charge in [0.05, 0.1) is 28.2 Å². The number of aromatic nitrogens is 6. The Morgan fingerprint density at radius 1 is 1.05 bits per heavy atom. The fraction of sp³-hybridized carbons (Fsp3) is 0.280. The smallest absolute Gasteiger partial charge is 0.347 e. The first kappa shape index (κ1) is 29.0. The van der Waals surface area contributed by atoms with Gasteiger partial charge in [0.2, 0.25) is 0 Å². The van der Waals surface area contributed by atoms with E-state index in [2.05, 4.69) is 30.9 Å². The van der Waals surface area contributed by atoms with Crippen LogP contribution in [0.3, 0.4) is 0 Å². The first-order chi connectivity index (χ1) is 18.6. The molecule has 2 N–H and O–H groups in total. The molecule has 0 radical (unpaired) electrons. The molecular formula is C25H23Cl2F3N8O2. The first-order valence-corrected chi connectivity index (χ1v) is 12.5. The highest BCUT2D eigenvalue weighted by molar-refractivity contribution is 6.32. The molecule has 3 aromatic heterocycles. The minimum Gasteiger partial charge on any atom is -0.347 e. The Bertz CT molecular complexity index is 1590. The fourth-order valence-corrected chi connectivity index (χ4v) is 4.16. The minimum atomic E-state index is -4.67. The number of aryl methyl sites for hydroxylation is 1. The highest BCUT2D eigenvalue weighted by Crippen LogP contribution is 2.29. The average Bonchev–Trinajstić information content (AvgIpc) is 3.47. The summed E-state index contributed by atoms with van der Waals surface area (Å²) in [6.45, 7) is 6.82. The molecule has 0 unspecified atom stereocenters. The van der Waals surface area contributed by atoms with Crippen LogP contribution in [-0.4, -0.2) is 47.1 Å². The molecule has 4 rings (SSSR count). The summed E-state index contributed by atoms with van der Waals surface area (Å²) >= 11 is 12.5. The number of halogens is 5. The van der Waals surface area contributed by atoms with Gasteiger partial charge in [-0.15, -0.1) is 5.10 Å². The number of amides is 2. The summed E-state index contributed by atoms with van der Waals surface area (Å²) in [5.41, 5.74) is -0.786. The molecule has 210 valence electrons. The van der Waals surface area contributed by atoms with E-state index in [-0.39, 0.29) is 40.0 Å². The standard InChI is InChI=1S/C25H23Cl2F3N8O2/c1-13-8-14(26)9-16(22(39)34-24(2,3)4)20(13)33-23(40)18-10-15(12-37-32-11-19(36-37)25(28,29)30)35-38(18)21-17(27)6-5-7-31-21/h5-11H,12H2,1-4H3,(H,33,40)(H,34,39). The molecule has 0 saturated heterocycles. The van der Waals surface area contributed by atoms with Gasteiger partial charge in [-0.05, 0) is 63.6 Å². The molecule has 0 bridgehead atoms. The van der Waals surface area contributed by atoms with E-state index in [1.165, 1.54) is 24.4 Å². The number of pyridine rings is 1. The van der Waals surface area contributed by atoms with E-state index < -0.39 is 29.2 Å². The van der Waals surface area contributed by atoms with Crippen LogP contribution < -0.4 is 10.6 Å². The Labute approximate surface area is 236 Å². The molecule has 0 atom stereocenters. The lowest BCUT2D eigenvalue weighted by molar-refractivity contribution is -0.141. The molecular weight excluding hydrogens is 572 g/mol. The zero-order valence-electron chi connectivity index (χ0n) is 21.6. The van der Waals surface area contributed by atoms with Crippen molar-refractivity contribution in [2.75, 3.05) is 5.32 Å². The summed E-state index contributed by atoms with van der Waals surface area (Å²) in [5.74, 6) is -1.05. The van der Waals surface area contributed by atoms with Gasteiger partial charge in [-0.25, -0.2) is 9.67 Å². The zero-order chi connectivity index (χ0) is 29.4. The van der Waals surface area contributed by atoms with E-state index in [0.717, 1.165) is 9.48 Å². The van der Waals surface area contributed by atoms with Crippen LogP contribution in [0.4, 0.5) is 18.9 Å². The van der Waals surface area contributed by atoms with Gasteiger partial charge in [-0.3, -0.25) is 9.59 Å². The van der Waals surface area contributed by atoms with Crippen molar-refractivity contribution in [1.29, 1.82) is 0 Å². The Morgan fingerprint density at radius 3 is 2.40 bits per heavy atom. The zero-order valence-corrected chi connectivity index (χ0v) is 23.2. The second kappa shape index (κ2) is 10.9. The second-order valence-corrected chi connectivity index (χ2v) is 10.6. The van der Waals surface area contributed by atoms with Crippen LogP contribution in [0.25, 0.3) is 5.82 Å². The lowest BCUT2D eigenvalue weighted by Crippen LogP contribution is -2.41. The summed E-state index contributed by atoms with van der Waals surface area (Å²) in [7, 11) is 0. The van der Waals surface area contributed by atoms with Crippen molar-refractivity contribution in [3.05, 3.63) is 81.0 Å². The molecule has 0 spiro atoms. The first-order valence-electron chi connectivity index (χ1n) is 11.7. The van der Waals surface area contributed by atoms with Crippen LogP contribution in [0.15, 0.2) is 42.7 Å². The predicted molar refractivity (Wildman–Crippen MR) is 142 cm³/mol. The van der Waals surface area contributed by atoms with Crippen molar-refractivity contribution < 1.29 is 22.8 Å². The van der Waals surface area contributed by atoms with E-state index in [1.807, 2.05) is 20.8 Å². The van der Waals surface area contributed by atoms with Crippen LogP contribution >= 0.6 is 23.2 Å². The van der Waals surface area contributed by atoms with Gasteiger partial charge < -0.3 is 10.6 Å². The normalized spacial score (nSPS) is 11.9. The average molecular weight is 595 g/mol. The molecule has 0 aliphatic carbocycles. The van der Waals surface area contributed by atoms with Gasteiger partial charge >= 0.3 is 6.18 Å². The molecule has 3 heterocycles. The largest absolute Gasteiger partial charge is 0.436 e. The van der Waals surface area contributed by atoms with E-state index >= 15 is 0 Å². The van der Waals surface area contributed by atoms with E-state index in [1.54, 1.807) is 19.1 Å². The van der Waals surface area contributed by atoms with Crippen LogP contribution in [0, 0.1) is 6.92 Å². The highest BCUT2D eigenvalue weighted by Gasteiger charge is 2.34. The highest BCUT2D eigenvalue weighted by atomic mass is 35.5. The monoisotopic (exact) mass is 594 g/mol. The summed E-state index contributed by atoms with van der Waals surface area (Å²) in [5, 5.41) is 17.5. The van der Waals surface area contributed by atoms with Crippen LogP contribution in [-0.2, 0) is 12.7 Å². The van der Waals surface area contributed by atoms with Gasteiger partial charge in [-0.2, -0.15) is 28.2 Å².